The summed E-state index contributed by atoms with van der Waals surface area (Å²) in [7, 11) is -3.55. The smallest absolute Gasteiger partial charge is 0.256 e. The van der Waals surface area contributed by atoms with Gasteiger partial charge in [0.25, 0.3) is 5.91 Å². The van der Waals surface area contributed by atoms with Gasteiger partial charge in [0.1, 0.15) is 10.0 Å². The molecule has 0 spiro atoms. The summed E-state index contributed by atoms with van der Waals surface area (Å²) in [5.74, 6) is 0.0735. The van der Waals surface area contributed by atoms with Crippen LogP contribution in [0.3, 0.4) is 0 Å². The van der Waals surface area contributed by atoms with Crippen LogP contribution in [0, 0.1) is 5.92 Å². The SMILES string of the molecule is CC1CCCN(S(=O)(=O)c2ccc(C(=O)Nc3sccc3-c3nc4ccccc4s3)cc2)C1. The van der Waals surface area contributed by atoms with Gasteiger partial charge in [-0.05, 0) is 66.6 Å². The summed E-state index contributed by atoms with van der Waals surface area (Å²) in [6, 6.07) is 16.1. The van der Waals surface area contributed by atoms with E-state index >= 15 is 0 Å². The van der Waals surface area contributed by atoms with Gasteiger partial charge in [-0.2, -0.15) is 4.31 Å². The maximum Gasteiger partial charge on any atom is 0.256 e. The molecule has 1 unspecified atom stereocenters. The number of hydrogen-bond donors (Lipinski definition) is 1. The zero-order chi connectivity index (χ0) is 23.0. The zero-order valence-corrected chi connectivity index (χ0v) is 20.5. The molecule has 4 aromatic rings. The molecule has 1 saturated heterocycles. The van der Waals surface area contributed by atoms with Crippen molar-refractivity contribution in [2.75, 3.05) is 18.4 Å². The largest absolute Gasteiger partial charge is 0.313 e. The average Bonchev–Trinajstić information content (AvgIpc) is 3.45. The minimum atomic E-state index is -3.55. The number of amides is 1. The molecule has 1 N–H and O–H groups in total. The summed E-state index contributed by atoms with van der Waals surface area (Å²) < 4.78 is 28.6. The van der Waals surface area contributed by atoms with Crippen molar-refractivity contribution in [1.29, 1.82) is 0 Å². The monoisotopic (exact) mass is 497 g/mol. The van der Waals surface area contributed by atoms with Crippen LogP contribution < -0.4 is 5.32 Å². The molecule has 3 heterocycles. The number of rotatable bonds is 5. The lowest BCUT2D eigenvalue weighted by Gasteiger charge is -2.30. The first kappa shape index (κ1) is 22.2. The number of thiazole rings is 1. The molecule has 0 saturated carbocycles. The Morgan fingerprint density at radius 1 is 1.12 bits per heavy atom. The highest BCUT2D eigenvalue weighted by molar-refractivity contribution is 7.89. The Bertz CT molecular complexity index is 1370. The zero-order valence-electron chi connectivity index (χ0n) is 18.0. The quantitative estimate of drug-likeness (QED) is 0.384. The molecule has 2 aromatic heterocycles. The van der Waals surface area contributed by atoms with E-state index in [0.29, 0.717) is 24.6 Å². The lowest BCUT2D eigenvalue weighted by atomic mass is 10.0. The van der Waals surface area contributed by atoms with Crippen LogP contribution in [0.5, 0.6) is 0 Å². The standard InChI is InChI=1S/C24H23N3O3S3/c1-16-5-4-13-27(15-16)33(29,30)18-10-8-17(9-11-18)22(28)26-23-19(12-14-31-23)24-25-20-6-2-3-7-21(20)32-24/h2-3,6-12,14,16H,4-5,13,15H2,1H3,(H,26,28). The fourth-order valence-electron chi connectivity index (χ4n) is 4.03. The van der Waals surface area contributed by atoms with Gasteiger partial charge in [0, 0.05) is 24.2 Å². The van der Waals surface area contributed by atoms with Crippen LogP contribution in [0.4, 0.5) is 5.00 Å². The summed E-state index contributed by atoms with van der Waals surface area (Å²) in [6.07, 6.45) is 1.92. The lowest BCUT2D eigenvalue weighted by Crippen LogP contribution is -2.39. The Morgan fingerprint density at radius 3 is 2.67 bits per heavy atom. The predicted molar refractivity (Wildman–Crippen MR) is 134 cm³/mol. The number of fused-ring (bicyclic) bond motifs is 1. The molecule has 2 aromatic carbocycles. The van der Waals surface area contributed by atoms with E-state index in [1.807, 2.05) is 35.7 Å². The van der Waals surface area contributed by atoms with Gasteiger partial charge in [-0.15, -0.1) is 22.7 Å². The van der Waals surface area contributed by atoms with Gasteiger partial charge in [-0.1, -0.05) is 19.1 Å². The number of anilines is 1. The molecular formula is C24H23N3O3S3. The van der Waals surface area contributed by atoms with Gasteiger partial charge in [0.15, 0.2) is 0 Å². The van der Waals surface area contributed by atoms with Crippen LogP contribution in [0.25, 0.3) is 20.8 Å². The van der Waals surface area contributed by atoms with Crippen LogP contribution in [0.15, 0.2) is 64.9 Å². The highest BCUT2D eigenvalue weighted by atomic mass is 32.2. The topological polar surface area (TPSA) is 79.4 Å². The van der Waals surface area contributed by atoms with Crippen LogP contribution in [-0.4, -0.2) is 36.7 Å². The first-order chi connectivity index (χ1) is 15.9. The van der Waals surface area contributed by atoms with E-state index in [1.54, 1.807) is 27.8 Å². The number of aromatic nitrogens is 1. The Hall–Kier alpha value is -2.59. The van der Waals surface area contributed by atoms with E-state index in [4.69, 9.17) is 0 Å². The van der Waals surface area contributed by atoms with E-state index in [2.05, 4.69) is 17.2 Å². The third-order valence-corrected chi connectivity index (χ3v) is 9.57. The van der Waals surface area contributed by atoms with Crippen molar-refractivity contribution in [3.05, 3.63) is 65.5 Å². The summed E-state index contributed by atoms with van der Waals surface area (Å²) in [5.41, 5.74) is 2.22. The molecule has 6 nitrogen and oxygen atoms in total. The highest BCUT2D eigenvalue weighted by Crippen LogP contribution is 2.38. The van der Waals surface area contributed by atoms with Crippen molar-refractivity contribution in [2.24, 2.45) is 5.92 Å². The van der Waals surface area contributed by atoms with Crippen molar-refractivity contribution >= 4 is 53.8 Å². The number of nitrogens with one attached hydrogen (secondary N) is 1. The van der Waals surface area contributed by atoms with Gasteiger partial charge in [-0.25, -0.2) is 13.4 Å². The Kier molecular flexibility index (Phi) is 6.05. The normalized spacial score (nSPS) is 17.3. The van der Waals surface area contributed by atoms with Gasteiger partial charge >= 0.3 is 0 Å². The molecule has 0 radical (unpaired) electrons. The Morgan fingerprint density at radius 2 is 1.91 bits per heavy atom. The first-order valence-electron chi connectivity index (χ1n) is 10.8. The molecule has 5 rings (SSSR count). The maximum atomic E-state index is 13.0. The van der Waals surface area contributed by atoms with Gasteiger partial charge < -0.3 is 5.32 Å². The van der Waals surface area contributed by atoms with Crippen LogP contribution in [0.1, 0.15) is 30.1 Å². The number of carbonyl (C=O) groups is 1. The van der Waals surface area contributed by atoms with Crippen LogP contribution in [-0.2, 0) is 10.0 Å². The molecule has 170 valence electrons. The average molecular weight is 498 g/mol. The van der Waals surface area contributed by atoms with Crippen LogP contribution >= 0.6 is 22.7 Å². The predicted octanol–water partition coefficient (Wildman–Crippen LogP) is 5.70. The number of para-hydroxylation sites is 1. The van der Waals surface area contributed by atoms with Gasteiger partial charge in [-0.3, -0.25) is 4.79 Å². The van der Waals surface area contributed by atoms with E-state index in [0.717, 1.165) is 38.6 Å². The molecule has 1 amide bonds. The third-order valence-electron chi connectivity index (χ3n) is 5.79. The Balaban J connectivity index is 1.34. The number of benzene rings is 2. The van der Waals surface area contributed by atoms with E-state index in [1.165, 1.54) is 23.5 Å². The van der Waals surface area contributed by atoms with E-state index in [-0.39, 0.29) is 10.8 Å². The Labute approximate surface area is 201 Å². The number of hydrogen-bond acceptors (Lipinski definition) is 6. The fourth-order valence-corrected chi connectivity index (χ4v) is 7.47. The van der Waals surface area contributed by atoms with Crippen molar-refractivity contribution in [2.45, 2.75) is 24.7 Å². The first-order valence-corrected chi connectivity index (χ1v) is 13.9. The molecule has 1 fully saturated rings. The molecule has 0 bridgehead atoms. The van der Waals surface area contributed by atoms with Crippen molar-refractivity contribution in [3.63, 3.8) is 0 Å². The number of piperidine rings is 1. The summed E-state index contributed by atoms with van der Waals surface area (Å²) in [5, 5.41) is 6.46. The van der Waals surface area contributed by atoms with Crippen LogP contribution in [0.2, 0.25) is 0 Å². The van der Waals surface area contributed by atoms with E-state index in [9.17, 15) is 13.2 Å². The molecule has 33 heavy (non-hydrogen) atoms. The van der Waals surface area contributed by atoms with Gasteiger partial charge in [0.05, 0.1) is 15.1 Å². The minimum Gasteiger partial charge on any atom is -0.313 e. The highest BCUT2D eigenvalue weighted by Gasteiger charge is 2.28. The number of sulfonamides is 1. The van der Waals surface area contributed by atoms with Crippen molar-refractivity contribution in [3.8, 4) is 10.6 Å². The minimum absolute atomic E-state index is 0.222. The van der Waals surface area contributed by atoms with E-state index < -0.39 is 10.0 Å². The molecule has 1 aliphatic rings. The lowest BCUT2D eigenvalue weighted by molar-refractivity contribution is 0.102. The van der Waals surface area contributed by atoms with Crippen molar-refractivity contribution in [1.82, 2.24) is 9.29 Å². The molecule has 1 aliphatic heterocycles. The molecule has 0 aliphatic carbocycles. The summed E-state index contributed by atoms with van der Waals surface area (Å²) in [4.78, 5) is 17.8. The second-order valence-corrected chi connectivity index (χ2v) is 12.1. The van der Waals surface area contributed by atoms with Crippen molar-refractivity contribution < 1.29 is 13.2 Å². The third kappa shape index (κ3) is 4.46. The number of thiophene rings is 1. The maximum absolute atomic E-state index is 13.0. The molecule has 1 atom stereocenters. The van der Waals surface area contributed by atoms with Gasteiger partial charge in [0.2, 0.25) is 10.0 Å². The second-order valence-electron chi connectivity index (χ2n) is 8.24. The number of nitrogens with zero attached hydrogens (tertiary/aromatic N) is 2. The summed E-state index contributed by atoms with van der Waals surface area (Å²) >= 11 is 3.02. The number of carbonyl (C=O) groups excluding carboxylic acids is 1. The fraction of sp³-hybridized carbons (Fsp3) is 0.250. The second kappa shape index (κ2) is 8.98. The molecular weight excluding hydrogens is 474 g/mol. The summed E-state index contributed by atoms with van der Waals surface area (Å²) in [6.45, 7) is 3.15. The molecule has 9 heteroatoms.